The molecule has 3 saturated carbocycles. The lowest BCUT2D eigenvalue weighted by molar-refractivity contribution is -0.127. The molecule has 30 heavy (non-hydrogen) atoms. The second-order valence-corrected chi connectivity index (χ2v) is 10.1. The number of hydrogen-bond acceptors (Lipinski definition) is 2. The molecule has 4 fully saturated rings. The molecule has 1 aromatic carbocycles. The van der Waals surface area contributed by atoms with Crippen LogP contribution in [0.1, 0.15) is 55.3 Å². The maximum Gasteiger partial charge on any atom is 0.256 e. The highest BCUT2D eigenvalue weighted by molar-refractivity contribution is 6.06. The van der Waals surface area contributed by atoms with Crippen LogP contribution in [0.4, 0.5) is 0 Å². The molecule has 3 aliphatic carbocycles. The van der Waals surface area contributed by atoms with Gasteiger partial charge in [0.1, 0.15) is 0 Å². The SMILES string of the molecule is O=C(NC1CC2CC1C1CCCC21)C1CCCN(C(=O)c2c[nH]c3ccccc23)C1. The van der Waals surface area contributed by atoms with Crippen molar-refractivity contribution in [3.8, 4) is 0 Å². The number of benzene rings is 1. The standard InChI is InChI=1S/C25H31N3O2/c29-24(27-23-12-16-11-20(23)18-8-3-7-17(16)18)15-5-4-10-28(14-15)25(30)21-13-26-22-9-2-1-6-19(21)22/h1-2,6,9,13,15-18,20,23,26H,3-5,7-8,10-12,14H2,(H,27,29). The van der Waals surface area contributed by atoms with Crippen LogP contribution in [-0.2, 0) is 4.79 Å². The molecule has 6 rings (SSSR count). The van der Waals surface area contributed by atoms with Crippen molar-refractivity contribution in [3.05, 3.63) is 36.0 Å². The van der Waals surface area contributed by atoms with Gasteiger partial charge in [-0.05, 0) is 68.3 Å². The second kappa shape index (κ2) is 7.14. The third-order valence-corrected chi connectivity index (χ3v) is 8.66. The molecule has 5 nitrogen and oxygen atoms in total. The van der Waals surface area contributed by atoms with Crippen molar-refractivity contribution in [1.29, 1.82) is 0 Å². The monoisotopic (exact) mass is 405 g/mol. The number of H-pyrrole nitrogens is 1. The van der Waals surface area contributed by atoms with Crippen LogP contribution in [0, 0.1) is 29.6 Å². The van der Waals surface area contributed by atoms with E-state index in [1.165, 1.54) is 32.1 Å². The summed E-state index contributed by atoms with van der Waals surface area (Å²) in [6, 6.07) is 8.28. The fourth-order valence-electron chi connectivity index (χ4n) is 7.33. The number of piperidine rings is 1. The molecule has 6 unspecified atom stereocenters. The first-order valence-electron chi connectivity index (χ1n) is 11.8. The number of aromatic nitrogens is 1. The molecule has 2 heterocycles. The molecule has 2 amide bonds. The highest BCUT2D eigenvalue weighted by Gasteiger charge is 2.54. The molecule has 5 heteroatoms. The molecule has 2 bridgehead atoms. The molecular weight excluding hydrogens is 374 g/mol. The van der Waals surface area contributed by atoms with Gasteiger partial charge >= 0.3 is 0 Å². The molecule has 0 spiro atoms. The van der Waals surface area contributed by atoms with Crippen molar-refractivity contribution in [2.75, 3.05) is 13.1 Å². The quantitative estimate of drug-likeness (QED) is 0.812. The Bertz CT molecular complexity index is 982. The van der Waals surface area contributed by atoms with E-state index < -0.39 is 0 Å². The summed E-state index contributed by atoms with van der Waals surface area (Å²) in [4.78, 5) is 31.4. The molecule has 158 valence electrons. The van der Waals surface area contributed by atoms with Crippen LogP contribution < -0.4 is 5.32 Å². The third kappa shape index (κ3) is 2.89. The molecule has 0 radical (unpaired) electrons. The van der Waals surface area contributed by atoms with Gasteiger partial charge in [-0.15, -0.1) is 0 Å². The van der Waals surface area contributed by atoms with E-state index in [2.05, 4.69) is 10.3 Å². The van der Waals surface area contributed by atoms with Crippen molar-refractivity contribution in [1.82, 2.24) is 15.2 Å². The van der Waals surface area contributed by atoms with Gasteiger partial charge in [0, 0.05) is 36.2 Å². The van der Waals surface area contributed by atoms with Crippen molar-refractivity contribution < 1.29 is 9.59 Å². The highest BCUT2D eigenvalue weighted by atomic mass is 16.2. The Kier molecular flexibility index (Phi) is 4.39. The van der Waals surface area contributed by atoms with Crippen LogP contribution in [0.25, 0.3) is 10.9 Å². The summed E-state index contributed by atoms with van der Waals surface area (Å²) in [5.74, 6) is 3.50. The number of rotatable bonds is 3. The number of nitrogens with one attached hydrogen (secondary N) is 2. The van der Waals surface area contributed by atoms with Crippen LogP contribution in [-0.4, -0.2) is 40.8 Å². The average molecular weight is 406 g/mol. The first-order chi connectivity index (χ1) is 14.7. The van der Waals surface area contributed by atoms with Crippen molar-refractivity contribution in [2.24, 2.45) is 29.6 Å². The van der Waals surface area contributed by atoms with E-state index in [9.17, 15) is 9.59 Å². The minimum absolute atomic E-state index is 0.0404. The molecule has 6 atom stereocenters. The van der Waals surface area contributed by atoms with Crippen molar-refractivity contribution >= 4 is 22.7 Å². The molecule has 1 aliphatic heterocycles. The lowest BCUT2D eigenvalue weighted by Crippen LogP contribution is -2.49. The summed E-state index contributed by atoms with van der Waals surface area (Å²) in [6.45, 7) is 1.27. The molecule has 4 aliphatic rings. The van der Waals surface area contributed by atoms with Gasteiger partial charge in [0.05, 0.1) is 11.5 Å². The van der Waals surface area contributed by atoms with Gasteiger partial charge in [-0.2, -0.15) is 0 Å². The van der Waals surface area contributed by atoms with E-state index in [1.807, 2.05) is 35.4 Å². The minimum Gasteiger partial charge on any atom is -0.360 e. The first-order valence-corrected chi connectivity index (χ1v) is 11.8. The Labute approximate surface area is 177 Å². The number of para-hydroxylation sites is 1. The van der Waals surface area contributed by atoms with E-state index in [-0.39, 0.29) is 17.7 Å². The maximum atomic E-state index is 13.2. The van der Waals surface area contributed by atoms with Gasteiger partial charge in [-0.1, -0.05) is 24.6 Å². The Morgan fingerprint density at radius 1 is 1.00 bits per heavy atom. The number of nitrogens with zero attached hydrogens (tertiary/aromatic N) is 1. The van der Waals surface area contributed by atoms with Gasteiger partial charge in [-0.3, -0.25) is 9.59 Å². The van der Waals surface area contributed by atoms with E-state index >= 15 is 0 Å². The summed E-state index contributed by atoms with van der Waals surface area (Å²) in [5, 5.41) is 4.39. The van der Waals surface area contributed by atoms with Gasteiger partial charge < -0.3 is 15.2 Å². The number of carbonyl (C=O) groups is 2. The predicted molar refractivity (Wildman–Crippen MR) is 116 cm³/mol. The van der Waals surface area contributed by atoms with Crippen molar-refractivity contribution in [2.45, 2.75) is 51.0 Å². The molecule has 1 saturated heterocycles. The Morgan fingerprint density at radius 2 is 1.87 bits per heavy atom. The highest BCUT2D eigenvalue weighted by Crippen LogP contribution is 2.58. The van der Waals surface area contributed by atoms with E-state index in [1.54, 1.807) is 0 Å². The zero-order valence-electron chi connectivity index (χ0n) is 17.5. The smallest absolute Gasteiger partial charge is 0.256 e. The maximum absolute atomic E-state index is 13.2. The van der Waals surface area contributed by atoms with Gasteiger partial charge in [0.2, 0.25) is 5.91 Å². The van der Waals surface area contributed by atoms with Crippen LogP contribution >= 0.6 is 0 Å². The average Bonchev–Trinajstić information content (AvgIpc) is 3.54. The summed E-state index contributed by atoms with van der Waals surface area (Å²) in [5.41, 5.74) is 1.70. The predicted octanol–water partition coefficient (Wildman–Crippen LogP) is 3.96. The van der Waals surface area contributed by atoms with E-state index in [0.29, 0.717) is 24.1 Å². The fraction of sp³-hybridized carbons (Fsp3) is 0.600. The normalized spacial score (nSPS) is 35.0. The summed E-state index contributed by atoms with van der Waals surface area (Å²) >= 11 is 0. The van der Waals surface area contributed by atoms with E-state index in [0.717, 1.165) is 48.0 Å². The number of amides is 2. The molecular formula is C25H31N3O2. The lowest BCUT2D eigenvalue weighted by Gasteiger charge is -2.35. The fourth-order valence-corrected chi connectivity index (χ4v) is 7.33. The van der Waals surface area contributed by atoms with Crippen LogP contribution in [0.3, 0.4) is 0 Å². The van der Waals surface area contributed by atoms with Gasteiger partial charge in [0.15, 0.2) is 0 Å². The molecule has 2 N–H and O–H groups in total. The molecule has 2 aromatic rings. The first kappa shape index (κ1) is 18.5. The number of carbonyl (C=O) groups excluding carboxylic acids is 2. The number of aromatic amines is 1. The van der Waals surface area contributed by atoms with Gasteiger partial charge in [0.25, 0.3) is 5.91 Å². The topological polar surface area (TPSA) is 65.2 Å². The largest absolute Gasteiger partial charge is 0.360 e. The van der Waals surface area contributed by atoms with E-state index in [4.69, 9.17) is 0 Å². The minimum atomic E-state index is -0.0774. The second-order valence-electron chi connectivity index (χ2n) is 10.1. The van der Waals surface area contributed by atoms with Crippen LogP contribution in [0.5, 0.6) is 0 Å². The number of likely N-dealkylation sites (tertiary alicyclic amines) is 1. The van der Waals surface area contributed by atoms with Gasteiger partial charge in [-0.25, -0.2) is 0 Å². The molecule has 1 aromatic heterocycles. The van der Waals surface area contributed by atoms with Crippen LogP contribution in [0.2, 0.25) is 0 Å². The zero-order valence-corrected chi connectivity index (χ0v) is 17.5. The van der Waals surface area contributed by atoms with Crippen molar-refractivity contribution in [3.63, 3.8) is 0 Å². The Balaban J connectivity index is 1.12. The lowest BCUT2D eigenvalue weighted by atomic mass is 9.79. The third-order valence-electron chi connectivity index (χ3n) is 8.66. The number of hydrogen-bond donors (Lipinski definition) is 2. The summed E-state index contributed by atoms with van der Waals surface area (Å²) in [6.07, 6.45) is 10.3. The summed E-state index contributed by atoms with van der Waals surface area (Å²) in [7, 11) is 0. The Morgan fingerprint density at radius 3 is 2.80 bits per heavy atom. The van der Waals surface area contributed by atoms with Crippen LogP contribution in [0.15, 0.2) is 30.5 Å². The zero-order chi connectivity index (χ0) is 20.2. The Hall–Kier alpha value is -2.30. The number of fused-ring (bicyclic) bond motifs is 6. The summed E-state index contributed by atoms with van der Waals surface area (Å²) < 4.78 is 0.